The zero-order valence-corrected chi connectivity index (χ0v) is 8.97. The van der Waals surface area contributed by atoms with E-state index in [9.17, 15) is 13.6 Å². The number of nitrogens with one attached hydrogen (secondary N) is 1. The third-order valence-corrected chi connectivity index (χ3v) is 2.04. The molecule has 0 saturated carbocycles. The Hall–Kier alpha value is -1.49. The molecule has 1 rings (SSSR count). The van der Waals surface area contributed by atoms with Crippen molar-refractivity contribution >= 4 is 11.6 Å². The molecule has 0 aliphatic rings. The maximum absolute atomic E-state index is 13.0. The van der Waals surface area contributed by atoms with Crippen LogP contribution in [0.15, 0.2) is 24.3 Å². The number of rotatable bonds is 4. The van der Waals surface area contributed by atoms with E-state index in [4.69, 9.17) is 5.73 Å². The van der Waals surface area contributed by atoms with Gasteiger partial charge in [-0.25, -0.2) is 8.78 Å². The fourth-order valence-corrected chi connectivity index (χ4v) is 1.28. The molecule has 0 bridgehead atoms. The highest BCUT2D eigenvalue weighted by molar-refractivity contribution is 5.88. The van der Waals surface area contributed by atoms with Crippen molar-refractivity contribution < 1.29 is 13.6 Å². The number of carbonyl (C=O) groups is 1. The van der Waals surface area contributed by atoms with Gasteiger partial charge in [0.25, 0.3) is 5.92 Å². The van der Waals surface area contributed by atoms with Crippen LogP contribution in [0, 0.1) is 0 Å². The molecule has 0 saturated heterocycles. The summed E-state index contributed by atoms with van der Waals surface area (Å²) in [6, 6.07) is 6.27. The van der Waals surface area contributed by atoms with E-state index in [1.54, 1.807) is 24.3 Å². The molecule has 1 amide bonds. The third kappa shape index (κ3) is 3.94. The second kappa shape index (κ2) is 5.03. The Morgan fingerprint density at radius 1 is 1.38 bits per heavy atom. The summed E-state index contributed by atoms with van der Waals surface area (Å²) in [7, 11) is 0. The van der Waals surface area contributed by atoms with Crippen molar-refractivity contribution in [2.45, 2.75) is 19.3 Å². The summed E-state index contributed by atoms with van der Waals surface area (Å²) in [5, 5.41) is 2.56. The van der Waals surface area contributed by atoms with Crippen LogP contribution in [-0.2, 0) is 11.2 Å². The molecular formula is C11H14F2N2O. The van der Waals surface area contributed by atoms with Gasteiger partial charge in [-0.05, 0) is 17.7 Å². The average molecular weight is 228 g/mol. The molecule has 0 aromatic heterocycles. The number of nitrogens with two attached hydrogens (primary N) is 1. The number of hydrogen-bond donors (Lipinski definition) is 2. The van der Waals surface area contributed by atoms with E-state index in [0.717, 1.165) is 0 Å². The third-order valence-electron chi connectivity index (χ3n) is 2.04. The Bertz CT molecular complexity index is 363. The maximum atomic E-state index is 13.0. The Morgan fingerprint density at radius 2 is 1.94 bits per heavy atom. The predicted molar refractivity (Wildman–Crippen MR) is 58.5 cm³/mol. The number of amides is 1. The zero-order valence-electron chi connectivity index (χ0n) is 8.97. The predicted octanol–water partition coefficient (Wildman–Crippen LogP) is 1.78. The van der Waals surface area contributed by atoms with E-state index in [1.165, 1.54) is 6.92 Å². The summed E-state index contributed by atoms with van der Waals surface area (Å²) in [5.74, 6) is -3.07. The number of carbonyl (C=O) groups excluding carboxylic acids is 1. The van der Waals surface area contributed by atoms with Crippen molar-refractivity contribution in [2.24, 2.45) is 5.73 Å². The average Bonchev–Trinajstić information content (AvgIpc) is 2.20. The van der Waals surface area contributed by atoms with Gasteiger partial charge in [0.2, 0.25) is 5.91 Å². The van der Waals surface area contributed by atoms with Crippen LogP contribution in [0.2, 0.25) is 0 Å². The van der Waals surface area contributed by atoms with E-state index in [2.05, 4.69) is 5.32 Å². The molecule has 0 fully saturated rings. The van der Waals surface area contributed by atoms with Gasteiger partial charge >= 0.3 is 0 Å². The van der Waals surface area contributed by atoms with E-state index in [-0.39, 0.29) is 12.3 Å². The van der Waals surface area contributed by atoms with Crippen molar-refractivity contribution in [1.29, 1.82) is 0 Å². The van der Waals surface area contributed by atoms with Gasteiger partial charge in [-0.3, -0.25) is 4.79 Å². The molecule has 0 atom stereocenters. The molecule has 16 heavy (non-hydrogen) atoms. The van der Waals surface area contributed by atoms with Crippen molar-refractivity contribution in [2.75, 3.05) is 11.9 Å². The Balaban J connectivity index is 2.68. The Morgan fingerprint density at radius 3 is 2.38 bits per heavy atom. The Labute approximate surface area is 92.6 Å². The first-order valence-electron chi connectivity index (χ1n) is 4.87. The summed E-state index contributed by atoms with van der Waals surface area (Å²) in [6.07, 6.45) is -0.385. The quantitative estimate of drug-likeness (QED) is 0.825. The largest absolute Gasteiger partial charge is 0.326 e. The number of benzene rings is 1. The van der Waals surface area contributed by atoms with Crippen LogP contribution in [-0.4, -0.2) is 18.4 Å². The summed E-state index contributed by atoms with van der Waals surface area (Å²) < 4.78 is 25.9. The summed E-state index contributed by atoms with van der Waals surface area (Å²) in [5.41, 5.74) is 6.02. The first-order chi connectivity index (χ1) is 7.43. The first-order valence-corrected chi connectivity index (χ1v) is 4.87. The van der Waals surface area contributed by atoms with Crippen molar-refractivity contribution in [3.63, 3.8) is 0 Å². The molecule has 3 nitrogen and oxygen atoms in total. The lowest BCUT2D eigenvalue weighted by Gasteiger charge is -2.13. The van der Waals surface area contributed by atoms with Crippen LogP contribution in [0.3, 0.4) is 0 Å². The first kappa shape index (κ1) is 12.6. The molecular weight excluding hydrogens is 214 g/mol. The van der Waals surface area contributed by atoms with Crippen molar-refractivity contribution in [3.8, 4) is 0 Å². The van der Waals surface area contributed by atoms with Gasteiger partial charge in [0, 0.05) is 19.0 Å². The lowest BCUT2D eigenvalue weighted by molar-refractivity contribution is -0.114. The number of halogens is 2. The number of anilines is 1. The van der Waals surface area contributed by atoms with E-state index in [1.807, 2.05) is 0 Å². The van der Waals surface area contributed by atoms with Crippen molar-refractivity contribution in [3.05, 3.63) is 29.8 Å². The summed E-state index contributed by atoms with van der Waals surface area (Å²) >= 11 is 0. The lowest BCUT2D eigenvalue weighted by atomic mass is 10.1. The smallest absolute Gasteiger partial charge is 0.264 e. The van der Waals surface area contributed by atoms with Gasteiger partial charge < -0.3 is 11.1 Å². The molecule has 0 aliphatic heterocycles. The highest BCUT2D eigenvalue weighted by Crippen LogP contribution is 2.19. The summed E-state index contributed by atoms with van der Waals surface area (Å²) in [6.45, 7) is 0.719. The van der Waals surface area contributed by atoms with Crippen molar-refractivity contribution in [1.82, 2.24) is 0 Å². The van der Waals surface area contributed by atoms with E-state index < -0.39 is 12.5 Å². The molecule has 0 radical (unpaired) electrons. The fraction of sp³-hybridized carbons (Fsp3) is 0.364. The van der Waals surface area contributed by atoms with E-state index >= 15 is 0 Å². The highest BCUT2D eigenvalue weighted by Gasteiger charge is 2.26. The second-order valence-corrected chi connectivity index (χ2v) is 3.61. The molecule has 88 valence electrons. The zero-order chi connectivity index (χ0) is 12.2. The van der Waals surface area contributed by atoms with Gasteiger partial charge in [-0.2, -0.15) is 0 Å². The minimum atomic E-state index is -2.88. The topological polar surface area (TPSA) is 55.1 Å². The SMILES string of the molecule is CC(=O)Nc1ccc(CC(F)(F)CN)cc1. The van der Waals surface area contributed by atoms with Gasteiger partial charge in [-0.1, -0.05) is 12.1 Å². The van der Waals surface area contributed by atoms with Crippen LogP contribution < -0.4 is 11.1 Å². The van der Waals surface area contributed by atoms with Crippen LogP contribution >= 0.6 is 0 Å². The standard InChI is InChI=1S/C11H14F2N2O/c1-8(16)15-10-4-2-9(3-5-10)6-11(12,13)7-14/h2-5H,6-7,14H2,1H3,(H,15,16). The number of hydrogen-bond acceptors (Lipinski definition) is 2. The molecule has 0 unspecified atom stereocenters. The lowest BCUT2D eigenvalue weighted by Crippen LogP contribution is -2.30. The molecule has 1 aromatic rings. The second-order valence-electron chi connectivity index (χ2n) is 3.61. The minimum Gasteiger partial charge on any atom is -0.326 e. The monoisotopic (exact) mass is 228 g/mol. The van der Waals surface area contributed by atoms with E-state index in [0.29, 0.717) is 11.3 Å². The van der Waals surface area contributed by atoms with Gasteiger partial charge in [0.1, 0.15) is 0 Å². The number of alkyl halides is 2. The van der Waals surface area contributed by atoms with Crippen LogP contribution in [0.5, 0.6) is 0 Å². The molecule has 0 spiro atoms. The summed E-state index contributed by atoms with van der Waals surface area (Å²) in [4.78, 5) is 10.7. The molecule has 5 heteroatoms. The molecule has 3 N–H and O–H groups in total. The normalized spacial score (nSPS) is 11.2. The maximum Gasteiger partial charge on any atom is 0.264 e. The van der Waals surface area contributed by atoms with Crippen LogP contribution in [0.1, 0.15) is 12.5 Å². The molecule has 0 aliphatic carbocycles. The van der Waals surface area contributed by atoms with Gasteiger partial charge in [0.05, 0.1) is 6.54 Å². The molecule has 0 heterocycles. The van der Waals surface area contributed by atoms with Crippen LogP contribution in [0.25, 0.3) is 0 Å². The fourth-order valence-electron chi connectivity index (χ4n) is 1.28. The van der Waals surface area contributed by atoms with Gasteiger partial charge in [-0.15, -0.1) is 0 Å². The molecule has 1 aromatic carbocycles. The Kier molecular flexibility index (Phi) is 3.95. The minimum absolute atomic E-state index is 0.194. The highest BCUT2D eigenvalue weighted by atomic mass is 19.3. The van der Waals surface area contributed by atoms with Crippen LogP contribution in [0.4, 0.5) is 14.5 Å². The van der Waals surface area contributed by atoms with Gasteiger partial charge in [0.15, 0.2) is 0 Å².